The second-order valence-corrected chi connectivity index (χ2v) is 6.84. The van der Waals surface area contributed by atoms with Crippen molar-refractivity contribution in [3.05, 3.63) is 39.1 Å². The van der Waals surface area contributed by atoms with Crippen LogP contribution in [0.2, 0.25) is 0 Å². The first kappa shape index (κ1) is 14.3. The van der Waals surface area contributed by atoms with Crippen LogP contribution in [-0.4, -0.2) is 15.2 Å². The van der Waals surface area contributed by atoms with Crippen molar-refractivity contribution in [1.29, 1.82) is 0 Å². The molecule has 6 heteroatoms. The maximum absolute atomic E-state index is 12.5. The summed E-state index contributed by atoms with van der Waals surface area (Å²) in [6, 6.07) is 4.25. The largest absolute Gasteiger partial charge is 0.504 e. The molecule has 1 aliphatic rings. The molecule has 1 aromatic carbocycles. The smallest absolute Gasteiger partial charge is 0.348 e. The third-order valence-corrected chi connectivity index (χ3v) is 5.41. The van der Waals surface area contributed by atoms with Gasteiger partial charge in [-0.3, -0.25) is 0 Å². The minimum atomic E-state index is -0.378. The fourth-order valence-electron chi connectivity index (χ4n) is 3.05. The van der Waals surface area contributed by atoms with E-state index in [1.807, 2.05) is 0 Å². The first-order valence-corrected chi connectivity index (χ1v) is 8.43. The number of rotatable bonds is 1. The third kappa shape index (κ3) is 2.39. The van der Waals surface area contributed by atoms with Crippen LogP contribution >= 0.6 is 11.3 Å². The standard InChI is InChI=1S/C17H15NO4S/c19-11-7-6-9(8-12(11)20)15-18-16-14(17(21)22-15)10-4-2-1-3-5-13(10)23-16/h6-8,19-20H,1-5H2. The van der Waals surface area contributed by atoms with Gasteiger partial charge in [0, 0.05) is 10.4 Å². The molecule has 4 rings (SSSR count). The summed E-state index contributed by atoms with van der Waals surface area (Å²) in [7, 11) is 0. The molecular formula is C17H15NO4S. The number of nitrogens with zero attached hydrogens (tertiary/aromatic N) is 1. The highest BCUT2D eigenvalue weighted by atomic mass is 32.1. The van der Waals surface area contributed by atoms with Crippen LogP contribution in [0.25, 0.3) is 21.7 Å². The topological polar surface area (TPSA) is 83.6 Å². The average Bonchev–Trinajstić information content (AvgIpc) is 2.72. The Morgan fingerprint density at radius 1 is 1.09 bits per heavy atom. The van der Waals surface area contributed by atoms with E-state index < -0.39 is 0 Å². The van der Waals surface area contributed by atoms with Crippen molar-refractivity contribution in [2.75, 3.05) is 0 Å². The number of phenolic OH excluding ortho intramolecular Hbond substituents is 2. The van der Waals surface area contributed by atoms with Gasteiger partial charge in [0.15, 0.2) is 11.5 Å². The molecule has 0 atom stereocenters. The number of hydrogen-bond donors (Lipinski definition) is 2. The molecule has 0 saturated heterocycles. The lowest BCUT2D eigenvalue weighted by Gasteiger charge is -2.02. The van der Waals surface area contributed by atoms with Crippen LogP contribution in [-0.2, 0) is 12.8 Å². The van der Waals surface area contributed by atoms with Crippen LogP contribution < -0.4 is 5.63 Å². The molecule has 2 N–H and O–H groups in total. The minimum Gasteiger partial charge on any atom is -0.504 e. The van der Waals surface area contributed by atoms with Gasteiger partial charge in [0.05, 0.1) is 0 Å². The second-order valence-electron chi connectivity index (χ2n) is 5.75. The lowest BCUT2D eigenvalue weighted by molar-refractivity contribution is 0.403. The molecule has 5 nitrogen and oxygen atoms in total. The molecule has 0 saturated carbocycles. The SMILES string of the molecule is O=c1oc(-c2ccc(O)c(O)c2)nc2sc3c(c12)CCCCC3. The van der Waals surface area contributed by atoms with Crippen LogP contribution in [0.3, 0.4) is 0 Å². The number of fused-ring (bicyclic) bond motifs is 3. The van der Waals surface area contributed by atoms with E-state index in [2.05, 4.69) is 4.98 Å². The highest BCUT2D eigenvalue weighted by Crippen LogP contribution is 2.35. The fourth-order valence-corrected chi connectivity index (χ4v) is 4.30. The molecule has 23 heavy (non-hydrogen) atoms. The summed E-state index contributed by atoms with van der Waals surface area (Å²) in [4.78, 5) is 18.9. The Kier molecular flexibility index (Phi) is 3.34. The number of aromatic hydroxyl groups is 2. The van der Waals surface area contributed by atoms with Crippen molar-refractivity contribution in [3.8, 4) is 23.0 Å². The summed E-state index contributed by atoms with van der Waals surface area (Å²) < 4.78 is 5.38. The van der Waals surface area contributed by atoms with Gasteiger partial charge in [-0.1, -0.05) is 6.42 Å². The van der Waals surface area contributed by atoms with E-state index in [-0.39, 0.29) is 23.0 Å². The zero-order valence-corrected chi connectivity index (χ0v) is 13.2. The quantitative estimate of drug-likeness (QED) is 0.526. The van der Waals surface area contributed by atoms with Crippen molar-refractivity contribution < 1.29 is 14.6 Å². The van der Waals surface area contributed by atoms with Crippen molar-refractivity contribution in [2.45, 2.75) is 32.1 Å². The number of thiophene rings is 1. The number of benzene rings is 1. The van der Waals surface area contributed by atoms with Gasteiger partial charge in [0.1, 0.15) is 10.2 Å². The summed E-state index contributed by atoms with van der Waals surface area (Å²) in [5.41, 5.74) is 1.18. The third-order valence-electron chi connectivity index (χ3n) is 4.22. The molecule has 0 amide bonds. The monoisotopic (exact) mass is 329 g/mol. The van der Waals surface area contributed by atoms with Gasteiger partial charge in [-0.2, -0.15) is 0 Å². The summed E-state index contributed by atoms with van der Waals surface area (Å²) in [5.74, 6) is -0.330. The van der Waals surface area contributed by atoms with E-state index in [1.165, 1.54) is 23.4 Å². The molecule has 0 bridgehead atoms. The molecule has 0 aliphatic heterocycles. The Morgan fingerprint density at radius 3 is 2.74 bits per heavy atom. The second kappa shape index (κ2) is 5.38. The summed E-state index contributed by atoms with van der Waals surface area (Å²) in [6.07, 6.45) is 5.31. The van der Waals surface area contributed by atoms with Crippen LogP contribution in [0, 0.1) is 0 Å². The molecule has 2 heterocycles. The van der Waals surface area contributed by atoms with Crippen molar-refractivity contribution in [1.82, 2.24) is 4.98 Å². The van der Waals surface area contributed by atoms with E-state index >= 15 is 0 Å². The number of aromatic nitrogens is 1. The average molecular weight is 329 g/mol. The maximum atomic E-state index is 12.5. The van der Waals surface area contributed by atoms with Gasteiger partial charge in [-0.15, -0.1) is 11.3 Å². The van der Waals surface area contributed by atoms with Gasteiger partial charge in [0.2, 0.25) is 5.89 Å². The highest BCUT2D eigenvalue weighted by Gasteiger charge is 2.20. The maximum Gasteiger partial charge on any atom is 0.348 e. The molecule has 3 aromatic rings. The van der Waals surface area contributed by atoms with E-state index in [0.717, 1.165) is 31.2 Å². The lowest BCUT2D eigenvalue weighted by Crippen LogP contribution is -2.03. The molecule has 0 spiro atoms. The van der Waals surface area contributed by atoms with E-state index in [0.29, 0.717) is 15.8 Å². The summed E-state index contributed by atoms with van der Waals surface area (Å²) in [6.45, 7) is 0. The van der Waals surface area contributed by atoms with Crippen LogP contribution in [0.1, 0.15) is 29.7 Å². The molecule has 118 valence electrons. The Bertz CT molecular complexity index is 957. The number of aryl methyl sites for hydroxylation is 2. The van der Waals surface area contributed by atoms with Crippen LogP contribution in [0.4, 0.5) is 0 Å². The molecule has 0 fully saturated rings. The summed E-state index contributed by atoms with van der Waals surface area (Å²) in [5, 5.41) is 19.6. The van der Waals surface area contributed by atoms with E-state index in [1.54, 1.807) is 17.4 Å². The first-order chi connectivity index (χ1) is 11.1. The molecule has 2 aromatic heterocycles. The predicted molar refractivity (Wildman–Crippen MR) is 88.2 cm³/mol. The first-order valence-electron chi connectivity index (χ1n) is 7.61. The van der Waals surface area contributed by atoms with Crippen LogP contribution in [0.15, 0.2) is 27.4 Å². The van der Waals surface area contributed by atoms with Crippen molar-refractivity contribution in [3.63, 3.8) is 0 Å². The zero-order chi connectivity index (χ0) is 16.0. The fraction of sp³-hybridized carbons (Fsp3) is 0.294. The minimum absolute atomic E-state index is 0.161. The van der Waals surface area contributed by atoms with Crippen molar-refractivity contribution in [2.24, 2.45) is 0 Å². The number of hydrogen-bond acceptors (Lipinski definition) is 6. The molecule has 0 unspecified atom stereocenters. The molecule has 1 aliphatic carbocycles. The van der Waals surface area contributed by atoms with Crippen LogP contribution in [0.5, 0.6) is 11.5 Å². The number of phenols is 2. The molecule has 0 radical (unpaired) electrons. The summed E-state index contributed by atoms with van der Waals surface area (Å²) >= 11 is 1.56. The Hall–Kier alpha value is -2.34. The van der Waals surface area contributed by atoms with Crippen molar-refractivity contribution >= 4 is 21.6 Å². The normalized spacial score (nSPS) is 14.6. The Labute approximate surface area is 135 Å². The Balaban J connectivity index is 1.90. The van der Waals surface area contributed by atoms with E-state index in [4.69, 9.17) is 4.42 Å². The molecular weight excluding hydrogens is 314 g/mol. The lowest BCUT2D eigenvalue weighted by atomic mass is 10.1. The Morgan fingerprint density at radius 2 is 1.91 bits per heavy atom. The van der Waals surface area contributed by atoms with Gasteiger partial charge in [-0.05, 0) is 49.4 Å². The predicted octanol–water partition coefficient (Wildman–Crippen LogP) is 3.60. The van der Waals surface area contributed by atoms with E-state index in [9.17, 15) is 15.0 Å². The van der Waals surface area contributed by atoms with Gasteiger partial charge >= 0.3 is 5.63 Å². The van der Waals surface area contributed by atoms with Gasteiger partial charge < -0.3 is 14.6 Å². The van der Waals surface area contributed by atoms with Gasteiger partial charge in [0.25, 0.3) is 0 Å². The zero-order valence-electron chi connectivity index (χ0n) is 12.3. The van der Waals surface area contributed by atoms with Gasteiger partial charge in [-0.25, -0.2) is 9.78 Å². The highest BCUT2D eigenvalue weighted by molar-refractivity contribution is 7.18.